The van der Waals surface area contributed by atoms with Crippen molar-refractivity contribution >= 4 is 42.8 Å². The van der Waals surface area contributed by atoms with Gasteiger partial charge in [0.05, 0.1) is 11.4 Å². The fraction of sp³-hybridized carbons (Fsp3) is 0.625. The van der Waals surface area contributed by atoms with E-state index in [0.29, 0.717) is 5.69 Å². The fourth-order valence-electron chi connectivity index (χ4n) is 1.21. The Balaban J connectivity index is 2.64. The molecule has 0 unspecified atom stereocenters. The summed E-state index contributed by atoms with van der Waals surface area (Å²) in [6, 6.07) is 0. The van der Waals surface area contributed by atoms with Gasteiger partial charge in [-0.05, 0) is 13.3 Å². The molecule has 0 saturated carbocycles. The Morgan fingerprint density at radius 2 is 1.94 bits per heavy atom. The van der Waals surface area contributed by atoms with Crippen LogP contribution in [0.4, 0.5) is 0 Å². The fourth-order valence-corrected chi connectivity index (χ4v) is 4.73. The van der Waals surface area contributed by atoms with Crippen LogP contribution in [0.2, 0.25) is 4.47 Å². The first kappa shape index (κ1) is 15.8. The molecule has 0 spiro atoms. The highest BCUT2D eigenvalue weighted by Gasteiger charge is 2.20. The number of hydrogen-bond acceptors (Lipinski definition) is 6. The van der Waals surface area contributed by atoms with E-state index in [1.54, 1.807) is 6.92 Å². The van der Waals surface area contributed by atoms with E-state index < -0.39 is 19.9 Å². The molecule has 10 heteroatoms. The molecule has 18 heavy (non-hydrogen) atoms. The number of sulfonamides is 1. The van der Waals surface area contributed by atoms with Crippen LogP contribution in [0.15, 0.2) is 4.21 Å². The molecule has 0 amide bonds. The number of hydrogen-bond donors (Lipinski definition) is 1. The molecule has 104 valence electrons. The van der Waals surface area contributed by atoms with Gasteiger partial charge in [-0.2, -0.15) is 0 Å². The molecular formula is C8H13ClN2O4S3. The molecule has 0 aromatic carbocycles. The molecule has 1 N–H and O–H groups in total. The molecule has 0 aliphatic rings. The lowest BCUT2D eigenvalue weighted by Crippen LogP contribution is -2.26. The number of aryl methyl sites for hydroxylation is 1. The van der Waals surface area contributed by atoms with E-state index in [9.17, 15) is 16.8 Å². The smallest absolute Gasteiger partial charge is 0.229 e. The normalized spacial score (nSPS) is 12.8. The lowest BCUT2D eigenvalue weighted by molar-refractivity contribution is 0.578. The Morgan fingerprint density at radius 1 is 1.33 bits per heavy atom. The van der Waals surface area contributed by atoms with Crippen molar-refractivity contribution in [3.63, 3.8) is 0 Å². The molecule has 1 aromatic rings. The second-order valence-electron chi connectivity index (χ2n) is 3.72. The van der Waals surface area contributed by atoms with Crippen LogP contribution in [0.25, 0.3) is 0 Å². The topological polar surface area (TPSA) is 93.2 Å². The summed E-state index contributed by atoms with van der Waals surface area (Å²) in [5.41, 5.74) is 0.334. The molecule has 1 rings (SSSR count). The highest BCUT2D eigenvalue weighted by Crippen LogP contribution is 2.26. The molecule has 0 atom stereocenters. The second kappa shape index (κ2) is 5.83. The van der Waals surface area contributed by atoms with Gasteiger partial charge in [0.2, 0.25) is 0 Å². The first-order chi connectivity index (χ1) is 8.12. The molecule has 0 saturated heterocycles. The predicted molar refractivity (Wildman–Crippen MR) is 71.4 cm³/mol. The van der Waals surface area contributed by atoms with Gasteiger partial charge >= 0.3 is 0 Å². The van der Waals surface area contributed by atoms with Crippen LogP contribution < -0.4 is 4.72 Å². The van der Waals surface area contributed by atoms with Gasteiger partial charge in [-0.15, -0.1) is 0 Å². The molecule has 0 aliphatic heterocycles. The van der Waals surface area contributed by atoms with Crippen molar-refractivity contribution in [3.05, 3.63) is 10.2 Å². The van der Waals surface area contributed by atoms with Gasteiger partial charge in [0.25, 0.3) is 10.0 Å². The van der Waals surface area contributed by atoms with Crippen LogP contribution in [-0.4, -0.2) is 40.4 Å². The van der Waals surface area contributed by atoms with E-state index in [1.165, 1.54) is 0 Å². The van der Waals surface area contributed by atoms with Gasteiger partial charge in [0, 0.05) is 12.8 Å². The lowest BCUT2D eigenvalue weighted by atomic mass is 10.5. The summed E-state index contributed by atoms with van der Waals surface area (Å²) in [5, 5.41) is 0. The Morgan fingerprint density at radius 3 is 2.39 bits per heavy atom. The van der Waals surface area contributed by atoms with Crippen LogP contribution in [0.5, 0.6) is 0 Å². The molecule has 1 heterocycles. The summed E-state index contributed by atoms with van der Waals surface area (Å²) in [4.78, 5) is 3.81. The number of thiazole rings is 1. The minimum absolute atomic E-state index is 0.0576. The minimum Gasteiger partial charge on any atom is -0.229 e. The van der Waals surface area contributed by atoms with Crippen molar-refractivity contribution in [3.8, 4) is 0 Å². The van der Waals surface area contributed by atoms with E-state index in [4.69, 9.17) is 11.6 Å². The van der Waals surface area contributed by atoms with Gasteiger partial charge in [0.15, 0.2) is 8.68 Å². The molecule has 0 fully saturated rings. The first-order valence-electron chi connectivity index (χ1n) is 4.92. The van der Waals surface area contributed by atoms with Gasteiger partial charge in [0.1, 0.15) is 9.84 Å². The molecular weight excluding hydrogens is 320 g/mol. The van der Waals surface area contributed by atoms with Crippen LogP contribution in [-0.2, 0) is 19.9 Å². The van der Waals surface area contributed by atoms with E-state index in [-0.39, 0.29) is 27.4 Å². The standard InChI is InChI=1S/C8H13ClN2O4S3/c1-6-7(16-8(9)11-6)18(14,15)10-4-3-5-17(2,12)13/h10H,3-5H2,1-2H3. The minimum atomic E-state index is -3.66. The number of sulfone groups is 1. The number of halogens is 1. The maximum atomic E-state index is 11.8. The summed E-state index contributed by atoms with van der Waals surface area (Å²) >= 11 is 6.50. The lowest BCUT2D eigenvalue weighted by Gasteiger charge is -2.04. The Kier molecular flexibility index (Phi) is 5.13. The van der Waals surface area contributed by atoms with Crippen LogP contribution in [0, 0.1) is 6.92 Å². The zero-order valence-electron chi connectivity index (χ0n) is 9.80. The third kappa shape index (κ3) is 4.81. The molecule has 1 aromatic heterocycles. The predicted octanol–water partition coefficient (Wildman–Crippen LogP) is 0.818. The molecule has 0 aliphatic carbocycles. The Hall–Kier alpha value is -0.220. The van der Waals surface area contributed by atoms with Gasteiger partial charge in [-0.25, -0.2) is 26.5 Å². The van der Waals surface area contributed by atoms with Gasteiger partial charge in [-0.3, -0.25) is 0 Å². The van der Waals surface area contributed by atoms with Crippen molar-refractivity contribution in [1.82, 2.24) is 9.71 Å². The van der Waals surface area contributed by atoms with Gasteiger partial charge < -0.3 is 0 Å². The summed E-state index contributed by atoms with van der Waals surface area (Å²) in [6.07, 6.45) is 1.33. The number of aromatic nitrogens is 1. The van der Waals surface area contributed by atoms with Crippen LogP contribution in [0.3, 0.4) is 0 Å². The van der Waals surface area contributed by atoms with Crippen molar-refractivity contribution < 1.29 is 16.8 Å². The molecule has 0 radical (unpaired) electrons. The molecule has 0 bridgehead atoms. The highest BCUT2D eigenvalue weighted by atomic mass is 35.5. The van der Waals surface area contributed by atoms with E-state index in [1.807, 2.05) is 0 Å². The maximum Gasteiger partial charge on any atom is 0.251 e. The van der Waals surface area contributed by atoms with Gasteiger partial charge in [-0.1, -0.05) is 22.9 Å². The number of rotatable bonds is 6. The first-order valence-corrected chi connectivity index (χ1v) is 9.66. The largest absolute Gasteiger partial charge is 0.251 e. The van der Waals surface area contributed by atoms with Crippen LogP contribution >= 0.6 is 22.9 Å². The maximum absolute atomic E-state index is 11.8. The SMILES string of the molecule is Cc1nc(Cl)sc1S(=O)(=O)NCCCS(C)(=O)=O. The van der Waals surface area contributed by atoms with E-state index in [2.05, 4.69) is 9.71 Å². The second-order valence-corrected chi connectivity index (χ2v) is 9.52. The number of nitrogens with zero attached hydrogens (tertiary/aromatic N) is 1. The number of nitrogens with one attached hydrogen (secondary N) is 1. The third-order valence-electron chi connectivity index (χ3n) is 1.96. The summed E-state index contributed by atoms with van der Waals surface area (Å²) < 4.78 is 48.0. The summed E-state index contributed by atoms with van der Waals surface area (Å²) in [6.45, 7) is 1.61. The Bertz CT molecular complexity index is 621. The Labute approximate surface area is 115 Å². The average Bonchev–Trinajstić information content (AvgIpc) is 2.52. The monoisotopic (exact) mass is 332 g/mol. The van der Waals surface area contributed by atoms with E-state index >= 15 is 0 Å². The average molecular weight is 333 g/mol. The van der Waals surface area contributed by atoms with Crippen molar-refractivity contribution in [2.24, 2.45) is 0 Å². The van der Waals surface area contributed by atoms with E-state index in [0.717, 1.165) is 17.6 Å². The summed E-state index contributed by atoms with van der Waals surface area (Å²) in [5.74, 6) is -0.0576. The van der Waals surface area contributed by atoms with Crippen LogP contribution in [0.1, 0.15) is 12.1 Å². The quantitative estimate of drug-likeness (QED) is 0.778. The zero-order chi connectivity index (χ0) is 14.0. The highest BCUT2D eigenvalue weighted by molar-refractivity contribution is 7.91. The van der Waals surface area contributed by atoms with Crippen molar-refractivity contribution in [1.29, 1.82) is 0 Å². The van der Waals surface area contributed by atoms with Crippen molar-refractivity contribution in [2.75, 3.05) is 18.6 Å². The zero-order valence-corrected chi connectivity index (χ0v) is 13.0. The summed E-state index contributed by atoms with van der Waals surface area (Å²) in [7, 11) is -6.74. The third-order valence-corrected chi connectivity index (χ3v) is 6.32. The molecule has 6 nitrogen and oxygen atoms in total. The van der Waals surface area contributed by atoms with Crippen molar-refractivity contribution in [2.45, 2.75) is 17.6 Å².